The van der Waals surface area contributed by atoms with Crippen LogP contribution in [0.25, 0.3) is 6.08 Å². The standard InChI is InChI=1S/C19H20N2O3/c22-14-4-13-20-19(24)16-8-10-17(11-9-16)21-18(23)12-7-15-5-2-1-3-6-15/h1-3,5-12,22H,4,13-14H2,(H,20,24)(H,21,23)/b12-7+. The van der Waals surface area contributed by atoms with Gasteiger partial charge in [0.1, 0.15) is 0 Å². The van der Waals surface area contributed by atoms with Crippen molar-refractivity contribution in [3.05, 3.63) is 71.8 Å². The van der Waals surface area contributed by atoms with Crippen molar-refractivity contribution in [3.63, 3.8) is 0 Å². The number of aliphatic hydroxyl groups excluding tert-OH is 1. The first kappa shape index (κ1) is 17.4. The first-order valence-electron chi connectivity index (χ1n) is 7.72. The van der Waals surface area contributed by atoms with E-state index in [1.807, 2.05) is 30.3 Å². The third-order valence-corrected chi connectivity index (χ3v) is 3.26. The van der Waals surface area contributed by atoms with Gasteiger partial charge in [-0.2, -0.15) is 0 Å². The number of rotatable bonds is 7. The molecule has 3 N–H and O–H groups in total. The van der Waals surface area contributed by atoms with Crippen LogP contribution in [0.4, 0.5) is 5.69 Å². The summed E-state index contributed by atoms with van der Waals surface area (Å²) in [7, 11) is 0. The van der Waals surface area contributed by atoms with Gasteiger partial charge in [-0.05, 0) is 42.3 Å². The largest absolute Gasteiger partial charge is 0.396 e. The molecule has 0 aliphatic rings. The highest BCUT2D eigenvalue weighted by Gasteiger charge is 2.05. The number of amides is 2. The second-order valence-corrected chi connectivity index (χ2v) is 5.14. The highest BCUT2D eigenvalue weighted by atomic mass is 16.3. The van der Waals surface area contributed by atoms with E-state index in [2.05, 4.69) is 10.6 Å². The summed E-state index contributed by atoms with van der Waals surface area (Å²) in [5.41, 5.74) is 2.07. The minimum Gasteiger partial charge on any atom is -0.396 e. The van der Waals surface area contributed by atoms with Crippen LogP contribution in [0.2, 0.25) is 0 Å². The van der Waals surface area contributed by atoms with Gasteiger partial charge in [-0.25, -0.2) is 0 Å². The van der Waals surface area contributed by atoms with E-state index >= 15 is 0 Å². The fourth-order valence-corrected chi connectivity index (χ4v) is 2.01. The molecule has 0 fully saturated rings. The summed E-state index contributed by atoms with van der Waals surface area (Å²) >= 11 is 0. The third-order valence-electron chi connectivity index (χ3n) is 3.26. The summed E-state index contributed by atoms with van der Waals surface area (Å²) in [5.74, 6) is -0.440. The van der Waals surface area contributed by atoms with E-state index in [1.165, 1.54) is 6.08 Å². The molecule has 0 spiro atoms. The Morgan fingerprint density at radius 2 is 1.71 bits per heavy atom. The molecule has 24 heavy (non-hydrogen) atoms. The molecule has 2 rings (SSSR count). The summed E-state index contributed by atoms with van der Waals surface area (Å²) in [6.45, 7) is 0.472. The maximum Gasteiger partial charge on any atom is 0.251 e. The van der Waals surface area contributed by atoms with Gasteiger partial charge in [-0.1, -0.05) is 30.3 Å². The zero-order chi connectivity index (χ0) is 17.2. The van der Waals surface area contributed by atoms with E-state index in [1.54, 1.807) is 30.3 Å². The Hall–Kier alpha value is -2.92. The van der Waals surface area contributed by atoms with Crippen molar-refractivity contribution in [1.29, 1.82) is 0 Å². The lowest BCUT2D eigenvalue weighted by molar-refractivity contribution is -0.111. The lowest BCUT2D eigenvalue weighted by Crippen LogP contribution is -2.24. The Bertz CT molecular complexity index is 694. The molecule has 2 amide bonds. The quantitative estimate of drug-likeness (QED) is 0.541. The van der Waals surface area contributed by atoms with Crippen molar-refractivity contribution in [2.75, 3.05) is 18.5 Å². The smallest absolute Gasteiger partial charge is 0.251 e. The number of aliphatic hydroxyl groups is 1. The predicted octanol–water partition coefficient (Wildman–Crippen LogP) is 2.45. The van der Waals surface area contributed by atoms with Crippen molar-refractivity contribution in [3.8, 4) is 0 Å². The number of carbonyl (C=O) groups is 2. The van der Waals surface area contributed by atoms with E-state index < -0.39 is 0 Å². The van der Waals surface area contributed by atoms with Gasteiger partial charge in [-0.3, -0.25) is 9.59 Å². The molecule has 2 aromatic carbocycles. The molecule has 0 atom stereocenters. The van der Waals surface area contributed by atoms with E-state index in [9.17, 15) is 9.59 Å². The predicted molar refractivity (Wildman–Crippen MR) is 94.6 cm³/mol. The van der Waals surface area contributed by atoms with E-state index in [0.29, 0.717) is 24.2 Å². The van der Waals surface area contributed by atoms with Gasteiger partial charge in [-0.15, -0.1) is 0 Å². The van der Waals surface area contributed by atoms with Gasteiger partial charge in [0.2, 0.25) is 5.91 Å². The lowest BCUT2D eigenvalue weighted by atomic mass is 10.2. The molecule has 2 aromatic rings. The molecule has 0 radical (unpaired) electrons. The van der Waals surface area contributed by atoms with E-state index in [-0.39, 0.29) is 18.4 Å². The molecule has 0 aliphatic heterocycles. The van der Waals surface area contributed by atoms with Crippen molar-refractivity contribution < 1.29 is 14.7 Å². The average Bonchev–Trinajstić information content (AvgIpc) is 2.61. The number of hydrogen-bond donors (Lipinski definition) is 3. The van der Waals surface area contributed by atoms with Crippen LogP contribution in [-0.2, 0) is 4.79 Å². The Balaban J connectivity index is 1.88. The van der Waals surface area contributed by atoms with Crippen molar-refractivity contribution in [2.45, 2.75) is 6.42 Å². The first-order valence-corrected chi connectivity index (χ1v) is 7.72. The van der Waals surface area contributed by atoms with E-state index in [0.717, 1.165) is 5.56 Å². The molecule has 0 aromatic heterocycles. The summed E-state index contributed by atoms with van der Waals surface area (Å²) < 4.78 is 0. The number of hydrogen-bond acceptors (Lipinski definition) is 3. The second-order valence-electron chi connectivity index (χ2n) is 5.14. The lowest BCUT2D eigenvalue weighted by Gasteiger charge is -2.06. The topological polar surface area (TPSA) is 78.4 Å². The Morgan fingerprint density at radius 1 is 1.00 bits per heavy atom. The number of anilines is 1. The number of carbonyl (C=O) groups excluding carboxylic acids is 2. The van der Waals surface area contributed by atoms with Crippen molar-refractivity contribution in [1.82, 2.24) is 5.32 Å². The first-order chi connectivity index (χ1) is 11.7. The highest BCUT2D eigenvalue weighted by Crippen LogP contribution is 2.10. The molecular formula is C19H20N2O3. The summed E-state index contributed by atoms with van der Waals surface area (Å²) in [6.07, 6.45) is 3.72. The summed E-state index contributed by atoms with van der Waals surface area (Å²) in [6, 6.07) is 16.2. The molecule has 0 bridgehead atoms. The molecule has 5 heteroatoms. The Kier molecular flexibility index (Phi) is 6.73. The molecule has 0 unspecified atom stereocenters. The van der Waals surface area contributed by atoms with E-state index in [4.69, 9.17) is 5.11 Å². The molecule has 0 saturated heterocycles. The van der Waals surface area contributed by atoms with Crippen LogP contribution in [0, 0.1) is 0 Å². The van der Waals surface area contributed by atoms with Crippen LogP contribution < -0.4 is 10.6 Å². The molecule has 0 heterocycles. The van der Waals surface area contributed by atoms with Crippen LogP contribution in [0.3, 0.4) is 0 Å². The minimum atomic E-state index is -0.237. The van der Waals surface area contributed by atoms with Crippen LogP contribution in [0.5, 0.6) is 0 Å². The minimum absolute atomic E-state index is 0.0434. The Labute approximate surface area is 141 Å². The molecule has 5 nitrogen and oxygen atoms in total. The maximum absolute atomic E-state index is 11.9. The van der Waals surface area contributed by atoms with Crippen LogP contribution in [0.15, 0.2) is 60.7 Å². The SMILES string of the molecule is O=C(/C=C/c1ccccc1)Nc1ccc(C(=O)NCCCO)cc1. The maximum atomic E-state index is 11.9. The third kappa shape index (κ3) is 5.70. The van der Waals surface area contributed by atoms with Gasteiger partial charge >= 0.3 is 0 Å². The number of benzene rings is 2. The molecule has 124 valence electrons. The monoisotopic (exact) mass is 324 g/mol. The molecule has 0 saturated carbocycles. The average molecular weight is 324 g/mol. The normalized spacial score (nSPS) is 10.5. The second kappa shape index (κ2) is 9.27. The van der Waals surface area contributed by atoms with Crippen molar-refractivity contribution >= 4 is 23.6 Å². The van der Waals surface area contributed by atoms with Gasteiger partial charge in [0.15, 0.2) is 0 Å². The molecule has 0 aliphatic carbocycles. The fourth-order valence-electron chi connectivity index (χ4n) is 2.01. The van der Waals surface area contributed by atoms with Crippen LogP contribution >= 0.6 is 0 Å². The summed E-state index contributed by atoms with van der Waals surface area (Å²) in [4.78, 5) is 23.7. The fraction of sp³-hybridized carbons (Fsp3) is 0.158. The summed E-state index contributed by atoms with van der Waals surface area (Å²) in [5, 5.41) is 14.1. The van der Waals surface area contributed by atoms with Crippen LogP contribution in [-0.4, -0.2) is 30.1 Å². The molecular weight excluding hydrogens is 304 g/mol. The van der Waals surface area contributed by atoms with Crippen molar-refractivity contribution in [2.24, 2.45) is 0 Å². The Morgan fingerprint density at radius 3 is 2.38 bits per heavy atom. The number of nitrogens with one attached hydrogen (secondary N) is 2. The van der Waals surface area contributed by atoms with Gasteiger partial charge < -0.3 is 15.7 Å². The zero-order valence-electron chi connectivity index (χ0n) is 13.2. The highest BCUT2D eigenvalue weighted by molar-refractivity contribution is 6.02. The van der Waals surface area contributed by atoms with Gasteiger partial charge in [0.25, 0.3) is 5.91 Å². The van der Waals surface area contributed by atoms with Gasteiger partial charge in [0, 0.05) is 30.5 Å². The van der Waals surface area contributed by atoms with Crippen LogP contribution in [0.1, 0.15) is 22.3 Å². The zero-order valence-corrected chi connectivity index (χ0v) is 13.2. The van der Waals surface area contributed by atoms with Gasteiger partial charge in [0.05, 0.1) is 0 Å².